The lowest BCUT2D eigenvalue weighted by Gasteiger charge is -2.35. The van der Waals surface area contributed by atoms with Crippen molar-refractivity contribution in [3.8, 4) is 0 Å². The fourth-order valence-corrected chi connectivity index (χ4v) is 3.50. The Bertz CT molecular complexity index is 613. The van der Waals surface area contributed by atoms with Crippen molar-refractivity contribution in [2.24, 2.45) is 11.8 Å². The Hall–Kier alpha value is -1.59. The summed E-state index contributed by atoms with van der Waals surface area (Å²) in [7, 11) is 0. The van der Waals surface area contributed by atoms with Crippen LogP contribution in [0.15, 0.2) is 24.3 Å². The lowest BCUT2D eigenvalue weighted by Crippen LogP contribution is -2.53. The summed E-state index contributed by atoms with van der Waals surface area (Å²) in [5.41, 5.74) is 0.400. The molecule has 1 saturated heterocycles. The van der Waals surface area contributed by atoms with Crippen LogP contribution in [0.5, 0.6) is 0 Å². The van der Waals surface area contributed by atoms with E-state index in [-0.39, 0.29) is 17.7 Å². The van der Waals surface area contributed by atoms with Gasteiger partial charge in [0, 0.05) is 13.1 Å². The fraction of sp³-hybridized carbons (Fsp3) is 0.600. The van der Waals surface area contributed by atoms with E-state index in [9.17, 15) is 9.59 Å². The van der Waals surface area contributed by atoms with Crippen LogP contribution in [-0.4, -0.2) is 48.9 Å². The van der Waals surface area contributed by atoms with Crippen molar-refractivity contribution >= 4 is 23.4 Å². The van der Waals surface area contributed by atoms with E-state index in [1.54, 1.807) is 24.3 Å². The smallest absolute Gasteiger partial charge is 0.253 e. The van der Waals surface area contributed by atoms with Crippen molar-refractivity contribution in [1.82, 2.24) is 15.5 Å². The lowest BCUT2D eigenvalue weighted by atomic mass is 9.95. The van der Waals surface area contributed by atoms with Gasteiger partial charge in [0.15, 0.2) is 0 Å². The van der Waals surface area contributed by atoms with Crippen LogP contribution in [0.25, 0.3) is 0 Å². The minimum Gasteiger partial charge on any atom is -0.341 e. The molecule has 1 unspecified atom stereocenters. The van der Waals surface area contributed by atoms with Crippen molar-refractivity contribution < 1.29 is 9.59 Å². The summed E-state index contributed by atoms with van der Waals surface area (Å²) in [4.78, 5) is 27.4. The average molecular weight is 380 g/mol. The third-order valence-electron chi connectivity index (χ3n) is 4.95. The van der Waals surface area contributed by atoms with Crippen molar-refractivity contribution in [2.45, 2.75) is 39.7 Å². The van der Waals surface area contributed by atoms with Gasteiger partial charge >= 0.3 is 0 Å². The second kappa shape index (κ2) is 9.93. The van der Waals surface area contributed by atoms with Crippen molar-refractivity contribution in [2.75, 3.05) is 26.2 Å². The first-order valence-corrected chi connectivity index (χ1v) is 9.86. The molecule has 1 heterocycles. The number of rotatable bonds is 7. The van der Waals surface area contributed by atoms with Gasteiger partial charge in [-0.25, -0.2) is 0 Å². The molecule has 0 radical (unpaired) electrons. The highest BCUT2D eigenvalue weighted by Gasteiger charge is 2.31. The highest BCUT2D eigenvalue weighted by molar-refractivity contribution is 6.33. The SMILES string of the molecule is CCNCC1CCN(C(=O)C(NC(=O)c2ccccc2Cl)C(C)C)CC1. The third kappa shape index (κ3) is 5.45. The fourth-order valence-electron chi connectivity index (χ4n) is 3.28. The molecule has 144 valence electrons. The summed E-state index contributed by atoms with van der Waals surface area (Å²) in [6, 6.07) is 6.36. The van der Waals surface area contributed by atoms with E-state index < -0.39 is 6.04 Å². The van der Waals surface area contributed by atoms with E-state index in [4.69, 9.17) is 11.6 Å². The number of benzene rings is 1. The van der Waals surface area contributed by atoms with Crippen LogP contribution in [0.1, 0.15) is 44.0 Å². The zero-order valence-electron chi connectivity index (χ0n) is 15.9. The topological polar surface area (TPSA) is 61.4 Å². The summed E-state index contributed by atoms with van der Waals surface area (Å²) in [5, 5.41) is 6.66. The highest BCUT2D eigenvalue weighted by atomic mass is 35.5. The van der Waals surface area contributed by atoms with Gasteiger partial charge in [-0.05, 0) is 49.9 Å². The molecule has 6 heteroatoms. The maximum absolute atomic E-state index is 13.0. The largest absolute Gasteiger partial charge is 0.341 e. The van der Waals surface area contributed by atoms with E-state index in [1.807, 2.05) is 18.7 Å². The Balaban J connectivity index is 1.98. The van der Waals surface area contributed by atoms with Crippen LogP contribution in [-0.2, 0) is 4.79 Å². The maximum Gasteiger partial charge on any atom is 0.253 e. The molecule has 1 fully saturated rings. The Kier molecular flexibility index (Phi) is 7.91. The summed E-state index contributed by atoms with van der Waals surface area (Å²) >= 11 is 6.11. The van der Waals surface area contributed by atoms with E-state index in [0.717, 1.165) is 39.0 Å². The average Bonchev–Trinajstić information content (AvgIpc) is 2.64. The molecular formula is C20H30ClN3O2. The number of carbonyl (C=O) groups excluding carboxylic acids is 2. The van der Waals surface area contributed by atoms with Crippen LogP contribution in [0.4, 0.5) is 0 Å². The first kappa shape index (κ1) is 20.7. The van der Waals surface area contributed by atoms with Gasteiger partial charge in [0.1, 0.15) is 6.04 Å². The molecule has 1 aromatic rings. The summed E-state index contributed by atoms with van der Waals surface area (Å²) in [6.45, 7) is 9.49. The van der Waals surface area contributed by atoms with Crippen LogP contribution >= 0.6 is 11.6 Å². The van der Waals surface area contributed by atoms with Gasteiger partial charge in [-0.15, -0.1) is 0 Å². The molecule has 0 spiro atoms. The van der Waals surface area contributed by atoms with Crippen molar-refractivity contribution in [3.63, 3.8) is 0 Å². The number of hydrogen-bond acceptors (Lipinski definition) is 3. The molecule has 2 rings (SSSR count). The first-order chi connectivity index (χ1) is 12.4. The Morgan fingerprint density at radius 1 is 1.23 bits per heavy atom. The second-order valence-electron chi connectivity index (χ2n) is 7.25. The molecule has 1 atom stereocenters. The standard InChI is InChI=1S/C20H30ClN3O2/c1-4-22-13-15-9-11-24(12-10-15)20(26)18(14(2)3)23-19(25)16-7-5-6-8-17(16)21/h5-8,14-15,18,22H,4,9-13H2,1-3H3,(H,23,25). The summed E-state index contributed by atoms with van der Waals surface area (Å²) in [6.07, 6.45) is 2.00. The molecule has 0 bridgehead atoms. The first-order valence-electron chi connectivity index (χ1n) is 9.48. The number of nitrogens with zero attached hydrogens (tertiary/aromatic N) is 1. The number of likely N-dealkylation sites (tertiary alicyclic amines) is 1. The predicted octanol–water partition coefficient (Wildman–Crippen LogP) is 2.94. The van der Waals surface area contributed by atoms with Crippen LogP contribution in [0, 0.1) is 11.8 Å². The minimum atomic E-state index is -0.538. The van der Waals surface area contributed by atoms with E-state index in [0.29, 0.717) is 16.5 Å². The number of hydrogen-bond donors (Lipinski definition) is 2. The number of halogens is 1. The van der Waals surface area contributed by atoms with E-state index in [1.165, 1.54) is 0 Å². The Morgan fingerprint density at radius 3 is 2.46 bits per heavy atom. The van der Waals surface area contributed by atoms with Gasteiger partial charge < -0.3 is 15.5 Å². The summed E-state index contributed by atoms with van der Waals surface area (Å²) < 4.78 is 0. The molecule has 1 aromatic carbocycles. The molecule has 1 aliphatic rings. The normalized spacial score (nSPS) is 16.6. The quantitative estimate of drug-likeness (QED) is 0.765. The number of nitrogens with one attached hydrogen (secondary N) is 2. The van der Waals surface area contributed by atoms with Gasteiger partial charge in [-0.3, -0.25) is 9.59 Å². The summed E-state index contributed by atoms with van der Waals surface area (Å²) in [5.74, 6) is 0.328. The molecule has 5 nitrogen and oxygen atoms in total. The third-order valence-corrected chi connectivity index (χ3v) is 5.28. The molecule has 0 aliphatic carbocycles. The monoisotopic (exact) mass is 379 g/mol. The van der Waals surface area contributed by atoms with Crippen LogP contribution < -0.4 is 10.6 Å². The van der Waals surface area contributed by atoms with Crippen LogP contribution in [0.2, 0.25) is 5.02 Å². The van der Waals surface area contributed by atoms with Crippen molar-refractivity contribution in [3.05, 3.63) is 34.9 Å². The molecule has 2 N–H and O–H groups in total. The van der Waals surface area contributed by atoms with E-state index >= 15 is 0 Å². The zero-order chi connectivity index (χ0) is 19.1. The maximum atomic E-state index is 13.0. The van der Waals surface area contributed by atoms with Gasteiger partial charge in [-0.1, -0.05) is 44.5 Å². The number of amides is 2. The van der Waals surface area contributed by atoms with Crippen molar-refractivity contribution in [1.29, 1.82) is 0 Å². The zero-order valence-corrected chi connectivity index (χ0v) is 16.7. The lowest BCUT2D eigenvalue weighted by molar-refractivity contribution is -0.135. The minimum absolute atomic E-state index is 0.00213. The Labute approximate surface area is 161 Å². The second-order valence-corrected chi connectivity index (χ2v) is 7.66. The number of piperidine rings is 1. The molecule has 2 amide bonds. The molecular weight excluding hydrogens is 350 g/mol. The molecule has 0 saturated carbocycles. The van der Waals surface area contributed by atoms with Gasteiger partial charge in [0.2, 0.25) is 5.91 Å². The Morgan fingerprint density at radius 2 is 1.88 bits per heavy atom. The number of carbonyl (C=O) groups is 2. The van der Waals surface area contributed by atoms with Gasteiger partial charge in [0.05, 0.1) is 10.6 Å². The van der Waals surface area contributed by atoms with Gasteiger partial charge in [-0.2, -0.15) is 0 Å². The molecule has 26 heavy (non-hydrogen) atoms. The van der Waals surface area contributed by atoms with Crippen LogP contribution in [0.3, 0.4) is 0 Å². The van der Waals surface area contributed by atoms with Gasteiger partial charge in [0.25, 0.3) is 5.91 Å². The molecule has 0 aromatic heterocycles. The molecule has 1 aliphatic heterocycles. The predicted molar refractivity (Wildman–Crippen MR) is 105 cm³/mol. The highest BCUT2D eigenvalue weighted by Crippen LogP contribution is 2.20. The van der Waals surface area contributed by atoms with E-state index in [2.05, 4.69) is 17.6 Å².